The number of carbonyl (C=O) groups excluding carboxylic acids is 3. The van der Waals surface area contributed by atoms with Crippen molar-refractivity contribution in [3.63, 3.8) is 0 Å². The molecule has 3 aromatic carbocycles. The predicted octanol–water partition coefficient (Wildman–Crippen LogP) is 2.28. The summed E-state index contributed by atoms with van der Waals surface area (Å²) in [5, 5.41) is 25.2. The number of Topliss-reactive ketones (excluding diaryl/α,β-unsaturated/α-hetero) is 1. The van der Waals surface area contributed by atoms with Crippen molar-refractivity contribution in [1.29, 1.82) is 0 Å². The summed E-state index contributed by atoms with van der Waals surface area (Å²) in [6.45, 7) is -0.526. The fourth-order valence-electron chi connectivity index (χ4n) is 2.80. The number of hydrogen-bond donors (Lipinski definition) is 6. The van der Waals surface area contributed by atoms with Gasteiger partial charge in [0, 0.05) is 29.0 Å². The molecule has 0 aromatic heterocycles. The van der Waals surface area contributed by atoms with E-state index in [1.54, 1.807) is 66.7 Å². The van der Waals surface area contributed by atoms with Crippen LogP contribution in [0.25, 0.3) is 6.08 Å². The second-order valence-electron chi connectivity index (χ2n) is 7.59. The lowest BCUT2D eigenvalue weighted by Gasteiger charge is -2.07. The van der Waals surface area contributed by atoms with Gasteiger partial charge in [0.15, 0.2) is 5.78 Å². The van der Waals surface area contributed by atoms with E-state index in [-0.39, 0.29) is 10.7 Å². The first-order valence-electron chi connectivity index (χ1n) is 11.3. The first-order valence-corrected chi connectivity index (χ1v) is 12.8. The van der Waals surface area contributed by atoms with E-state index < -0.39 is 28.4 Å². The minimum atomic E-state index is -3.62. The van der Waals surface area contributed by atoms with Crippen LogP contribution in [0.3, 0.4) is 0 Å². The fourth-order valence-corrected chi connectivity index (χ4v) is 3.88. The largest absolute Gasteiger partial charge is 0.388 e. The molecule has 6 N–H and O–H groups in total. The Morgan fingerprint density at radius 3 is 1.98 bits per heavy atom. The van der Waals surface area contributed by atoms with Gasteiger partial charge in [-0.1, -0.05) is 54.3 Å². The minimum absolute atomic E-state index is 0.182. The van der Waals surface area contributed by atoms with E-state index in [1.165, 1.54) is 35.2 Å². The van der Waals surface area contributed by atoms with Crippen molar-refractivity contribution in [2.45, 2.75) is 4.90 Å². The number of rotatable bonds is 8. The van der Waals surface area contributed by atoms with E-state index >= 15 is 0 Å². The van der Waals surface area contributed by atoms with Gasteiger partial charge < -0.3 is 5.11 Å². The van der Waals surface area contributed by atoms with Gasteiger partial charge >= 0.3 is 0 Å². The summed E-state index contributed by atoms with van der Waals surface area (Å²) in [5.41, 5.74) is 5.09. The van der Waals surface area contributed by atoms with Crippen molar-refractivity contribution in [3.05, 3.63) is 114 Å². The zero-order chi connectivity index (χ0) is 29.4. The Hall–Kier alpha value is -5.06. The molecule has 0 heterocycles. The Morgan fingerprint density at radius 1 is 0.800 bits per heavy atom. The summed E-state index contributed by atoms with van der Waals surface area (Å²) in [5.74, 6) is 3.73. The molecule has 0 fully saturated rings. The zero-order valence-corrected chi connectivity index (χ0v) is 21.6. The molecule has 0 unspecified atom stereocenters. The van der Waals surface area contributed by atoms with Gasteiger partial charge in [0.25, 0.3) is 21.8 Å². The Labute approximate surface area is 230 Å². The van der Waals surface area contributed by atoms with Crippen LogP contribution in [0.15, 0.2) is 102 Å². The normalized spacial score (nSPS) is 10.6. The van der Waals surface area contributed by atoms with E-state index in [4.69, 9.17) is 15.5 Å². The van der Waals surface area contributed by atoms with Crippen LogP contribution in [-0.2, 0) is 19.6 Å². The molecule has 12 heteroatoms. The average molecular weight is 564 g/mol. The molecule has 3 aromatic rings. The predicted molar refractivity (Wildman–Crippen MR) is 146 cm³/mol. The SMILES string of the molecule is O=C(/C=C/C#Cc1ccc(NS(=O)(=O)c2ccccc2)cc1)NO.O=C(/C=C/c1ccc(C(=O)CO)cc1)NO. The van der Waals surface area contributed by atoms with E-state index in [0.717, 1.165) is 12.2 Å². The van der Waals surface area contributed by atoms with Crippen LogP contribution >= 0.6 is 0 Å². The highest BCUT2D eigenvalue weighted by atomic mass is 32.2. The summed E-state index contributed by atoms with van der Waals surface area (Å²) in [7, 11) is -3.62. The topological polar surface area (TPSA) is 182 Å². The molecular weight excluding hydrogens is 538 g/mol. The van der Waals surface area contributed by atoms with Crippen LogP contribution < -0.4 is 15.7 Å². The van der Waals surface area contributed by atoms with Crippen molar-refractivity contribution in [2.75, 3.05) is 11.3 Å². The second-order valence-corrected chi connectivity index (χ2v) is 9.27. The van der Waals surface area contributed by atoms with E-state index in [1.807, 2.05) is 0 Å². The average Bonchev–Trinajstić information content (AvgIpc) is 2.99. The van der Waals surface area contributed by atoms with Crippen LogP contribution in [0.5, 0.6) is 0 Å². The number of anilines is 1. The molecule has 2 amide bonds. The van der Waals surface area contributed by atoms with Gasteiger partial charge in [-0.15, -0.1) is 0 Å². The lowest BCUT2D eigenvalue weighted by molar-refractivity contribution is -0.124. The summed E-state index contributed by atoms with van der Waals surface area (Å²) in [6.07, 6.45) is 5.01. The Kier molecular flexibility index (Phi) is 12.5. The van der Waals surface area contributed by atoms with Crippen molar-refractivity contribution in [3.8, 4) is 11.8 Å². The molecule has 0 bridgehead atoms. The first kappa shape index (κ1) is 31.2. The van der Waals surface area contributed by atoms with Crippen LogP contribution in [0.4, 0.5) is 5.69 Å². The highest BCUT2D eigenvalue weighted by Gasteiger charge is 2.12. The van der Waals surface area contributed by atoms with Crippen LogP contribution in [-0.4, -0.2) is 48.1 Å². The number of aliphatic hydroxyl groups excluding tert-OH is 1. The van der Waals surface area contributed by atoms with Crippen molar-refractivity contribution >= 4 is 39.4 Å². The minimum Gasteiger partial charge on any atom is -0.388 e. The quantitative estimate of drug-likeness (QED) is 0.0793. The van der Waals surface area contributed by atoms with E-state index in [9.17, 15) is 22.8 Å². The molecule has 206 valence electrons. The molecule has 0 aliphatic carbocycles. The Morgan fingerprint density at radius 2 is 1.40 bits per heavy atom. The third-order valence-corrected chi connectivity index (χ3v) is 6.15. The lowest BCUT2D eigenvalue weighted by atomic mass is 10.1. The maximum Gasteiger partial charge on any atom is 0.267 e. The molecular formula is C28H25N3O8S. The standard InChI is InChI=1S/C17H14N2O4S.C11H11NO4/c20-17(18-21)9-5-4-6-14-10-12-15(13-11-14)19-24(22,23)16-7-2-1-3-8-16;13-7-10(14)9-4-1-8(2-5-9)3-6-11(15)12-16/h1-3,5,7-13,19,21H,(H,18,20);1-6,13,16H,7H2,(H,12,15)/b9-5+;6-3+. The van der Waals surface area contributed by atoms with Crippen molar-refractivity contribution in [2.24, 2.45) is 0 Å². The van der Waals surface area contributed by atoms with Gasteiger partial charge in [-0.25, -0.2) is 19.4 Å². The maximum absolute atomic E-state index is 12.2. The van der Waals surface area contributed by atoms with Gasteiger partial charge in [0.05, 0.1) is 4.90 Å². The fraction of sp³-hybridized carbons (Fsp3) is 0.0357. The van der Waals surface area contributed by atoms with Gasteiger partial charge in [-0.05, 0) is 54.1 Å². The molecule has 3 rings (SSSR count). The lowest BCUT2D eigenvalue weighted by Crippen LogP contribution is -2.14. The second kappa shape index (κ2) is 16.0. The third kappa shape index (κ3) is 10.7. The molecule has 40 heavy (non-hydrogen) atoms. The van der Waals surface area contributed by atoms with Crippen LogP contribution in [0.2, 0.25) is 0 Å². The molecule has 0 saturated heterocycles. The number of aliphatic hydroxyl groups is 1. The monoisotopic (exact) mass is 563 g/mol. The zero-order valence-electron chi connectivity index (χ0n) is 20.8. The number of nitrogens with one attached hydrogen (secondary N) is 3. The number of carbonyl (C=O) groups is 3. The number of sulfonamides is 1. The molecule has 0 saturated carbocycles. The summed E-state index contributed by atoms with van der Waals surface area (Å²) >= 11 is 0. The molecule has 0 spiro atoms. The van der Waals surface area contributed by atoms with Crippen molar-refractivity contribution < 1.29 is 38.3 Å². The van der Waals surface area contributed by atoms with E-state index in [0.29, 0.717) is 22.4 Å². The van der Waals surface area contributed by atoms with Crippen LogP contribution in [0.1, 0.15) is 21.5 Å². The van der Waals surface area contributed by atoms with Gasteiger partial charge in [-0.2, -0.15) is 0 Å². The van der Waals surface area contributed by atoms with Crippen LogP contribution in [0, 0.1) is 11.8 Å². The molecule has 0 aliphatic heterocycles. The highest BCUT2D eigenvalue weighted by Crippen LogP contribution is 2.16. The number of ketones is 1. The Balaban J connectivity index is 0.000000305. The van der Waals surface area contributed by atoms with Gasteiger partial charge in [-0.3, -0.25) is 29.5 Å². The summed E-state index contributed by atoms with van der Waals surface area (Å²) < 4.78 is 26.8. The molecule has 0 aliphatic rings. The molecule has 11 nitrogen and oxygen atoms in total. The first-order chi connectivity index (χ1) is 19.2. The van der Waals surface area contributed by atoms with E-state index in [2.05, 4.69) is 16.6 Å². The number of benzene rings is 3. The van der Waals surface area contributed by atoms with Gasteiger partial charge in [0.2, 0.25) is 0 Å². The number of allylic oxidation sites excluding steroid dienone is 1. The van der Waals surface area contributed by atoms with Crippen molar-refractivity contribution in [1.82, 2.24) is 11.0 Å². The number of hydroxylamine groups is 2. The molecule has 0 atom stereocenters. The number of amides is 2. The summed E-state index contributed by atoms with van der Waals surface area (Å²) in [4.78, 5) is 32.7. The third-order valence-electron chi connectivity index (χ3n) is 4.75. The highest BCUT2D eigenvalue weighted by molar-refractivity contribution is 7.92. The van der Waals surface area contributed by atoms with Gasteiger partial charge in [0.1, 0.15) is 6.61 Å². The smallest absolute Gasteiger partial charge is 0.267 e. The molecule has 0 radical (unpaired) electrons. The maximum atomic E-state index is 12.2. The Bertz CT molecular complexity index is 1520. The number of hydrogen-bond acceptors (Lipinski definition) is 8. The summed E-state index contributed by atoms with van der Waals surface area (Å²) in [6, 6.07) is 20.9.